The number of nitrogens with zero attached hydrogens (tertiary/aromatic N) is 1. The first-order valence-corrected chi connectivity index (χ1v) is 7.70. The molecular weight excluding hydrogens is 307 g/mol. The van der Waals surface area contributed by atoms with E-state index in [9.17, 15) is 4.39 Å². The van der Waals surface area contributed by atoms with Gasteiger partial charge in [-0.3, -0.25) is 0 Å². The van der Waals surface area contributed by atoms with Gasteiger partial charge in [0.25, 0.3) is 0 Å². The molecule has 1 unspecified atom stereocenters. The van der Waals surface area contributed by atoms with E-state index in [0.29, 0.717) is 4.47 Å². The summed E-state index contributed by atoms with van der Waals surface area (Å²) >= 11 is 3.25. The molecule has 0 radical (unpaired) electrons. The Morgan fingerprint density at radius 3 is 2.89 bits per heavy atom. The molecule has 1 aromatic rings. The zero-order valence-electron chi connectivity index (χ0n) is 11.9. The van der Waals surface area contributed by atoms with Crippen molar-refractivity contribution >= 4 is 21.6 Å². The van der Waals surface area contributed by atoms with Gasteiger partial charge in [-0.25, -0.2) is 4.39 Å². The maximum atomic E-state index is 13.8. The standard InChI is InChI=1S/C15H22BrFN2/c1-4-15(3)10-19(7-5-6-18-15)14-9-13(17)12(16)8-11(14)2/h8-9,18H,4-7,10H2,1-3H3. The topological polar surface area (TPSA) is 15.3 Å². The highest BCUT2D eigenvalue weighted by Gasteiger charge is 2.28. The molecule has 2 rings (SSSR count). The van der Waals surface area contributed by atoms with E-state index in [0.717, 1.165) is 43.7 Å². The van der Waals surface area contributed by atoms with E-state index >= 15 is 0 Å². The van der Waals surface area contributed by atoms with Gasteiger partial charge < -0.3 is 10.2 Å². The van der Waals surface area contributed by atoms with Gasteiger partial charge in [0.1, 0.15) is 5.82 Å². The molecule has 106 valence electrons. The van der Waals surface area contributed by atoms with Crippen LogP contribution in [-0.2, 0) is 0 Å². The van der Waals surface area contributed by atoms with Crippen molar-refractivity contribution in [3.05, 3.63) is 28.0 Å². The summed E-state index contributed by atoms with van der Waals surface area (Å²) in [5.41, 5.74) is 2.24. The monoisotopic (exact) mass is 328 g/mol. The van der Waals surface area contributed by atoms with Gasteiger partial charge in [-0.15, -0.1) is 0 Å². The molecule has 1 aliphatic heterocycles. The van der Waals surface area contributed by atoms with Gasteiger partial charge in [-0.1, -0.05) is 6.92 Å². The summed E-state index contributed by atoms with van der Waals surface area (Å²) in [4.78, 5) is 2.31. The maximum Gasteiger partial charge on any atom is 0.139 e. The van der Waals surface area contributed by atoms with Crippen molar-refractivity contribution in [1.29, 1.82) is 0 Å². The molecule has 0 spiro atoms. The number of hydrogen-bond donors (Lipinski definition) is 1. The Kier molecular flexibility index (Phi) is 4.51. The molecule has 0 aliphatic carbocycles. The van der Waals surface area contributed by atoms with Crippen LogP contribution in [0.4, 0.5) is 10.1 Å². The number of rotatable bonds is 2. The average molecular weight is 329 g/mol. The number of aryl methyl sites for hydroxylation is 1. The predicted octanol–water partition coefficient (Wildman–Crippen LogP) is 3.87. The number of halogens is 2. The van der Waals surface area contributed by atoms with Crippen molar-refractivity contribution in [2.24, 2.45) is 0 Å². The molecule has 1 fully saturated rings. The highest BCUT2D eigenvalue weighted by molar-refractivity contribution is 9.10. The average Bonchev–Trinajstić information content (AvgIpc) is 2.57. The lowest BCUT2D eigenvalue weighted by Gasteiger charge is -2.34. The highest BCUT2D eigenvalue weighted by atomic mass is 79.9. The molecule has 1 atom stereocenters. The molecule has 0 saturated carbocycles. The van der Waals surface area contributed by atoms with Crippen LogP contribution in [0, 0.1) is 12.7 Å². The van der Waals surface area contributed by atoms with Crippen LogP contribution in [0.2, 0.25) is 0 Å². The van der Waals surface area contributed by atoms with Gasteiger partial charge in [0.05, 0.1) is 4.47 Å². The SMILES string of the molecule is CCC1(C)CN(c2cc(F)c(Br)cc2C)CCCN1. The van der Waals surface area contributed by atoms with Crippen LogP contribution in [0.5, 0.6) is 0 Å². The van der Waals surface area contributed by atoms with E-state index in [4.69, 9.17) is 0 Å². The van der Waals surface area contributed by atoms with Crippen LogP contribution in [-0.4, -0.2) is 25.2 Å². The summed E-state index contributed by atoms with van der Waals surface area (Å²) in [5, 5.41) is 3.61. The van der Waals surface area contributed by atoms with Crippen molar-refractivity contribution in [1.82, 2.24) is 5.32 Å². The van der Waals surface area contributed by atoms with Gasteiger partial charge >= 0.3 is 0 Å². The highest BCUT2D eigenvalue weighted by Crippen LogP contribution is 2.29. The molecule has 1 aliphatic rings. The zero-order chi connectivity index (χ0) is 14.0. The molecular formula is C15H22BrFN2. The van der Waals surface area contributed by atoms with E-state index in [1.165, 1.54) is 0 Å². The Morgan fingerprint density at radius 1 is 1.47 bits per heavy atom. The molecule has 1 saturated heterocycles. The second-order valence-electron chi connectivity index (χ2n) is 5.67. The van der Waals surface area contributed by atoms with E-state index in [-0.39, 0.29) is 11.4 Å². The smallest absolute Gasteiger partial charge is 0.139 e. The van der Waals surface area contributed by atoms with Crippen LogP contribution in [0.15, 0.2) is 16.6 Å². The van der Waals surface area contributed by atoms with E-state index in [2.05, 4.69) is 40.0 Å². The van der Waals surface area contributed by atoms with Crippen LogP contribution in [0.1, 0.15) is 32.3 Å². The summed E-state index contributed by atoms with van der Waals surface area (Å²) in [6, 6.07) is 3.52. The van der Waals surface area contributed by atoms with Crippen LogP contribution >= 0.6 is 15.9 Å². The van der Waals surface area contributed by atoms with Crippen molar-refractivity contribution in [2.75, 3.05) is 24.5 Å². The summed E-state index contributed by atoms with van der Waals surface area (Å²) in [6.45, 7) is 9.41. The first kappa shape index (κ1) is 14.8. The quantitative estimate of drug-likeness (QED) is 0.886. The van der Waals surface area contributed by atoms with E-state index in [1.807, 2.05) is 13.0 Å². The van der Waals surface area contributed by atoms with Crippen molar-refractivity contribution < 1.29 is 4.39 Å². The minimum atomic E-state index is -0.184. The Balaban J connectivity index is 2.32. The fourth-order valence-electron chi connectivity index (χ4n) is 2.64. The second-order valence-corrected chi connectivity index (χ2v) is 6.52. The maximum absolute atomic E-state index is 13.8. The minimum Gasteiger partial charge on any atom is -0.369 e. The fraction of sp³-hybridized carbons (Fsp3) is 0.600. The van der Waals surface area contributed by atoms with Crippen molar-refractivity contribution in [2.45, 2.75) is 39.2 Å². The third-order valence-electron chi connectivity index (χ3n) is 4.06. The number of benzene rings is 1. The second kappa shape index (κ2) is 5.80. The third-order valence-corrected chi connectivity index (χ3v) is 4.66. The van der Waals surface area contributed by atoms with Crippen molar-refractivity contribution in [3.63, 3.8) is 0 Å². The van der Waals surface area contributed by atoms with Crippen LogP contribution in [0.25, 0.3) is 0 Å². The first-order valence-electron chi connectivity index (χ1n) is 6.91. The predicted molar refractivity (Wildman–Crippen MR) is 82.4 cm³/mol. The van der Waals surface area contributed by atoms with E-state index in [1.54, 1.807) is 6.07 Å². The lowest BCUT2D eigenvalue weighted by Crippen LogP contribution is -2.48. The Labute approximate surface area is 123 Å². The van der Waals surface area contributed by atoms with Gasteiger partial charge in [-0.2, -0.15) is 0 Å². The largest absolute Gasteiger partial charge is 0.369 e. The van der Waals surface area contributed by atoms with Crippen molar-refractivity contribution in [3.8, 4) is 0 Å². The number of nitrogens with one attached hydrogen (secondary N) is 1. The van der Waals surface area contributed by atoms with Crippen LogP contribution < -0.4 is 10.2 Å². The lowest BCUT2D eigenvalue weighted by molar-refractivity contribution is 0.366. The molecule has 1 aromatic carbocycles. The molecule has 0 amide bonds. The Bertz CT molecular complexity index is 464. The molecule has 2 nitrogen and oxygen atoms in total. The molecule has 19 heavy (non-hydrogen) atoms. The van der Waals surface area contributed by atoms with E-state index < -0.39 is 0 Å². The molecule has 1 N–H and O–H groups in total. The third kappa shape index (κ3) is 3.29. The molecule has 4 heteroatoms. The van der Waals surface area contributed by atoms with Crippen LogP contribution in [0.3, 0.4) is 0 Å². The minimum absolute atomic E-state index is 0.104. The Hall–Kier alpha value is -0.610. The number of hydrogen-bond acceptors (Lipinski definition) is 2. The molecule has 1 heterocycles. The first-order chi connectivity index (χ1) is 8.95. The summed E-state index contributed by atoms with van der Waals surface area (Å²) < 4.78 is 14.3. The number of anilines is 1. The summed E-state index contributed by atoms with van der Waals surface area (Å²) in [5.74, 6) is -0.184. The van der Waals surface area contributed by atoms with Gasteiger partial charge in [0, 0.05) is 24.3 Å². The summed E-state index contributed by atoms with van der Waals surface area (Å²) in [6.07, 6.45) is 2.16. The normalized spacial score (nSPS) is 24.4. The zero-order valence-corrected chi connectivity index (χ0v) is 13.5. The Morgan fingerprint density at radius 2 is 2.21 bits per heavy atom. The molecule has 0 aromatic heterocycles. The lowest BCUT2D eigenvalue weighted by atomic mass is 9.98. The van der Waals surface area contributed by atoms with Gasteiger partial charge in [0.15, 0.2) is 0 Å². The molecule has 0 bridgehead atoms. The van der Waals surface area contributed by atoms with Gasteiger partial charge in [-0.05, 0) is 66.9 Å². The summed E-state index contributed by atoms with van der Waals surface area (Å²) in [7, 11) is 0. The fourth-order valence-corrected chi connectivity index (χ4v) is 3.09. The van der Waals surface area contributed by atoms with Gasteiger partial charge in [0.2, 0.25) is 0 Å².